The van der Waals surface area contributed by atoms with E-state index in [4.69, 9.17) is 0 Å². The van der Waals surface area contributed by atoms with Gasteiger partial charge in [-0.2, -0.15) is 0 Å². The van der Waals surface area contributed by atoms with Gasteiger partial charge in [-0.1, -0.05) is 0 Å². The smallest absolute Gasteiger partial charge is 2.00 e. The van der Waals surface area contributed by atoms with Gasteiger partial charge < -0.3 is 21.9 Å². The predicted octanol–water partition coefficient (Wildman–Crippen LogP) is -1.24. The third kappa shape index (κ3) is 43.3. The number of hydrogen-bond acceptors (Lipinski definition) is 0. The van der Waals surface area contributed by atoms with Crippen molar-refractivity contribution in [1.82, 2.24) is 0 Å². The van der Waals surface area contributed by atoms with E-state index in [1.165, 1.54) is 0 Å². The van der Waals surface area contributed by atoms with Crippen molar-refractivity contribution in [2.24, 2.45) is 0 Å². The SMILES string of the molecule is [Ba+2].[Ca+2].[Hf+4].[O-2].[O-2].[O-2].[O-2]. The molecule has 0 aromatic rings. The third-order valence-corrected chi connectivity index (χ3v) is 0. The summed E-state index contributed by atoms with van der Waals surface area (Å²) in [6, 6.07) is 0. The van der Waals surface area contributed by atoms with Crippen molar-refractivity contribution in [3.05, 3.63) is 0 Å². The maximum absolute atomic E-state index is 0. The quantitative estimate of drug-likeness (QED) is 0.437. The Morgan fingerprint density at radius 3 is 0.571 bits per heavy atom. The normalized spacial score (nSPS) is 0. The van der Waals surface area contributed by atoms with Gasteiger partial charge in [-0.3, -0.25) is 0 Å². The molecule has 0 heterocycles. The van der Waals surface area contributed by atoms with Crippen LogP contribution in [0.1, 0.15) is 0 Å². The van der Waals surface area contributed by atoms with E-state index in [1.807, 2.05) is 0 Å². The summed E-state index contributed by atoms with van der Waals surface area (Å²) in [7, 11) is 0. The van der Waals surface area contributed by atoms with E-state index in [-0.39, 0.29) is 134 Å². The molecule has 0 rings (SSSR count). The maximum atomic E-state index is 0. The fraction of sp³-hybridized carbons (Fsp3) is 0. The van der Waals surface area contributed by atoms with Crippen molar-refractivity contribution in [3.8, 4) is 0 Å². The van der Waals surface area contributed by atoms with E-state index < -0.39 is 0 Å². The van der Waals surface area contributed by atoms with Gasteiger partial charge in [-0.25, -0.2) is 0 Å². The Morgan fingerprint density at radius 2 is 0.571 bits per heavy atom. The Bertz CT molecular complexity index is 11.7. The van der Waals surface area contributed by atoms with Gasteiger partial charge in [0.25, 0.3) is 0 Å². The summed E-state index contributed by atoms with van der Waals surface area (Å²) in [4.78, 5) is 0. The average Bonchev–Trinajstić information content (AvgIpc) is 0. The molecular formula is BaCaHfO4. The zero-order valence-electron chi connectivity index (χ0n) is 3.55. The Balaban J connectivity index is 0. The van der Waals surface area contributed by atoms with Gasteiger partial charge in [-0.05, 0) is 0 Å². The van der Waals surface area contributed by atoms with Gasteiger partial charge in [-0.15, -0.1) is 0 Å². The molecule has 0 aliphatic carbocycles. The van der Waals surface area contributed by atoms with E-state index >= 15 is 0 Å². The largest absolute Gasteiger partial charge is 4.00 e. The predicted molar refractivity (Wildman–Crippen MR) is 14.3 cm³/mol. The second kappa shape index (κ2) is 55.5. The van der Waals surface area contributed by atoms with Crippen molar-refractivity contribution in [3.63, 3.8) is 0 Å². The van der Waals surface area contributed by atoms with Crippen LogP contribution < -0.4 is 0 Å². The molecule has 0 aliphatic heterocycles. The van der Waals surface area contributed by atoms with Gasteiger partial charge in [0.15, 0.2) is 0 Å². The first-order chi connectivity index (χ1) is 0. The van der Waals surface area contributed by atoms with Crippen LogP contribution in [-0.4, -0.2) is 86.6 Å². The topological polar surface area (TPSA) is 114 Å². The number of rotatable bonds is 0. The van der Waals surface area contributed by atoms with Crippen LogP contribution >= 0.6 is 0 Å². The Kier molecular flexibility index (Phi) is 607. The van der Waals surface area contributed by atoms with Crippen molar-refractivity contribution in [2.75, 3.05) is 0 Å². The molecule has 0 fully saturated rings. The summed E-state index contributed by atoms with van der Waals surface area (Å²) in [5.74, 6) is 0. The van der Waals surface area contributed by atoms with Crippen LogP contribution in [0.4, 0.5) is 0 Å². The van der Waals surface area contributed by atoms with Crippen LogP contribution in [-0.2, 0) is 47.7 Å². The summed E-state index contributed by atoms with van der Waals surface area (Å²) in [6.07, 6.45) is 0. The van der Waals surface area contributed by atoms with E-state index in [0.717, 1.165) is 0 Å². The molecule has 0 atom stereocenters. The van der Waals surface area contributed by atoms with E-state index in [0.29, 0.717) is 0 Å². The van der Waals surface area contributed by atoms with E-state index in [1.54, 1.807) is 0 Å². The summed E-state index contributed by atoms with van der Waals surface area (Å²) in [5.41, 5.74) is 0. The molecular weight excluding hydrogens is 420 g/mol. The zero-order chi connectivity index (χ0) is 0. The Morgan fingerprint density at radius 1 is 0.571 bits per heavy atom. The van der Waals surface area contributed by atoms with Crippen molar-refractivity contribution in [2.45, 2.75) is 0 Å². The molecule has 7 heteroatoms. The minimum atomic E-state index is 0. The second-order valence-electron chi connectivity index (χ2n) is 0. The Labute approximate surface area is 131 Å². The fourth-order valence-electron chi connectivity index (χ4n) is 0. The number of hydrogen-bond donors (Lipinski definition) is 0. The first-order valence-electron chi connectivity index (χ1n) is 0. The molecule has 0 saturated carbocycles. The molecule has 0 saturated heterocycles. The first-order valence-corrected chi connectivity index (χ1v) is 0. The molecule has 32 valence electrons. The van der Waals surface area contributed by atoms with Gasteiger partial charge >= 0.3 is 112 Å². The van der Waals surface area contributed by atoms with Gasteiger partial charge in [0.2, 0.25) is 0 Å². The molecule has 4 nitrogen and oxygen atoms in total. The Hall–Kier alpha value is 3.54. The summed E-state index contributed by atoms with van der Waals surface area (Å²) in [6.45, 7) is 0. The molecule has 7 heavy (non-hydrogen) atoms. The van der Waals surface area contributed by atoms with Crippen molar-refractivity contribution in [1.29, 1.82) is 0 Å². The van der Waals surface area contributed by atoms with Crippen molar-refractivity contribution < 1.29 is 47.7 Å². The average molecular weight is 420 g/mol. The maximum Gasteiger partial charge on any atom is 4.00 e. The van der Waals surface area contributed by atoms with E-state index in [2.05, 4.69) is 0 Å². The summed E-state index contributed by atoms with van der Waals surface area (Å²) < 4.78 is 0. The summed E-state index contributed by atoms with van der Waals surface area (Å²) in [5, 5.41) is 0. The van der Waals surface area contributed by atoms with Crippen LogP contribution in [0.25, 0.3) is 0 Å². The van der Waals surface area contributed by atoms with Crippen LogP contribution in [0.5, 0.6) is 0 Å². The molecule has 0 unspecified atom stereocenters. The molecule has 0 aromatic carbocycles. The van der Waals surface area contributed by atoms with Crippen LogP contribution in [0.15, 0.2) is 0 Å². The minimum absolute atomic E-state index is 0. The van der Waals surface area contributed by atoms with Gasteiger partial charge in [0.05, 0.1) is 0 Å². The van der Waals surface area contributed by atoms with E-state index in [9.17, 15) is 0 Å². The molecule has 0 aromatic heterocycles. The monoisotopic (exact) mass is 422 g/mol. The van der Waals surface area contributed by atoms with Gasteiger partial charge in [0, 0.05) is 0 Å². The zero-order valence-corrected chi connectivity index (χ0v) is 13.8. The molecule has 0 amide bonds. The first kappa shape index (κ1) is 76.5. The molecule has 0 N–H and O–H groups in total. The minimum Gasteiger partial charge on any atom is -2.00 e. The van der Waals surface area contributed by atoms with Crippen LogP contribution in [0, 0.1) is 0 Å². The van der Waals surface area contributed by atoms with Gasteiger partial charge in [0.1, 0.15) is 0 Å². The molecule has 0 spiro atoms. The molecule has 0 bridgehead atoms. The van der Waals surface area contributed by atoms with Crippen LogP contribution in [0.2, 0.25) is 0 Å². The molecule has 0 radical (unpaired) electrons. The second-order valence-corrected chi connectivity index (χ2v) is 0. The fourth-order valence-corrected chi connectivity index (χ4v) is 0. The standard InChI is InChI=1S/Ba.Ca.Hf.4O/q2*+2;+4;4*-2. The van der Waals surface area contributed by atoms with Crippen molar-refractivity contribution >= 4 is 86.6 Å². The third-order valence-electron chi connectivity index (χ3n) is 0. The summed E-state index contributed by atoms with van der Waals surface area (Å²) >= 11 is 0. The van der Waals surface area contributed by atoms with Crippen LogP contribution in [0.3, 0.4) is 0 Å². The molecule has 0 aliphatic rings.